The van der Waals surface area contributed by atoms with Crippen LogP contribution in [0.3, 0.4) is 0 Å². The number of benzene rings is 3. The third-order valence-corrected chi connectivity index (χ3v) is 5.13. The van der Waals surface area contributed by atoms with Crippen LogP contribution in [0.4, 0.5) is 4.79 Å². The van der Waals surface area contributed by atoms with Crippen molar-refractivity contribution in [2.24, 2.45) is 0 Å². The Morgan fingerprint density at radius 1 is 0.968 bits per heavy atom. The smallest absolute Gasteiger partial charge is 0.404 e. The highest BCUT2D eigenvalue weighted by atomic mass is 35.5. The fourth-order valence-electron chi connectivity index (χ4n) is 3.22. The van der Waals surface area contributed by atoms with Gasteiger partial charge in [-0.15, -0.1) is 0 Å². The molecule has 3 aromatic rings. The van der Waals surface area contributed by atoms with Gasteiger partial charge in [0.25, 0.3) is 0 Å². The van der Waals surface area contributed by atoms with Crippen LogP contribution < -0.4 is 15.4 Å². The maximum absolute atomic E-state index is 11.2. The Bertz CT molecular complexity index is 970. The van der Waals surface area contributed by atoms with Crippen LogP contribution in [0.1, 0.15) is 11.1 Å². The predicted octanol–water partition coefficient (Wildman–Crippen LogP) is 4.46. The van der Waals surface area contributed by atoms with E-state index in [1.165, 1.54) is 0 Å². The van der Waals surface area contributed by atoms with E-state index in [0.29, 0.717) is 29.5 Å². The van der Waals surface area contributed by atoms with Crippen LogP contribution in [0.2, 0.25) is 5.02 Å². The van der Waals surface area contributed by atoms with Crippen molar-refractivity contribution >= 4 is 17.7 Å². The Labute approximate surface area is 186 Å². The van der Waals surface area contributed by atoms with Gasteiger partial charge >= 0.3 is 6.09 Å². The van der Waals surface area contributed by atoms with Crippen LogP contribution in [-0.4, -0.2) is 35.0 Å². The fourth-order valence-corrected chi connectivity index (χ4v) is 3.45. The Balaban J connectivity index is 1.63. The lowest BCUT2D eigenvalue weighted by Gasteiger charge is -2.24. The summed E-state index contributed by atoms with van der Waals surface area (Å²) in [5.74, 6) is 1.31. The normalized spacial score (nSPS) is 12.7. The van der Waals surface area contributed by atoms with E-state index in [9.17, 15) is 9.90 Å². The molecule has 0 radical (unpaired) electrons. The average Bonchev–Trinajstić information content (AvgIpc) is 2.76. The summed E-state index contributed by atoms with van der Waals surface area (Å²) >= 11 is 6.38. The van der Waals surface area contributed by atoms with E-state index in [4.69, 9.17) is 21.4 Å². The molecule has 0 fully saturated rings. The number of para-hydroxylation sites is 1. The maximum Gasteiger partial charge on any atom is 0.404 e. The molecule has 2 atom stereocenters. The molecule has 1 amide bonds. The quantitative estimate of drug-likeness (QED) is 0.373. The second-order valence-electron chi connectivity index (χ2n) is 7.08. The zero-order chi connectivity index (χ0) is 22.1. The van der Waals surface area contributed by atoms with Gasteiger partial charge in [0.15, 0.2) is 0 Å². The van der Waals surface area contributed by atoms with Crippen molar-refractivity contribution in [3.63, 3.8) is 0 Å². The van der Waals surface area contributed by atoms with Crippen LogP contribution in [0.25, 0.3) is 0 Å². The highest BCUT2D eigenvalue weighted by Crippen LogP contribution is 2.30. The van der Waals surface area contributed by atoms with E-state index in [1.807, 2.05) is 72.8 Å². The molecule has 0 spiro atoms. The van der Waals surface area contributed by atoms with Crippen molar-refractivity contribution in [2.45, 2.75) is 25.1 Å². The van der Waals surface area contributed by atoms with Crippen LogP contribution in [-0.2, 0) is 13.0 Å². The van der Waals surface area contributed by atoms with Gasteiger partial charge < -0.3 is 25.6 Å². The molecule has 6 nitrogen and oxygen atoms in total. The summed E-state index contributed by atoms with van der Waals surface area (Å²) in [6.45, 7) is 0.526. The third kappa shape index (κ3) is 7.00. The number of nitrogens with one attached hydrogen (secondary N) is 2. The van der Waals surface area contributed by atoms with E-state index in [-0.39, 0.29) is 6.54 Å². The molecule has 31 heavy (non-hydrogen) atoms. The molecule has 4 N–H and O–H groups in total. The highest BCUT2D eigenvalue weighted by Gasteiger charge is 2.21. The maximum atomic E-state index is 11.2. The van der Waals surface area contributed by atoms with Gasteiger partial charge in [-0.25, -0.2) is 4.79 Å². The van der Waals surface area contributed by atoms with Gasteiger partial charge in [-0.3, -0.25) is 0 Å². The minimum atomic E-state index is -1.18. The topological polar surface area (TPSA) is 90.8 Å². The van der Waals surface area contributed by atoms with E-state index >= 15 is 0 Å². The van der Waals surface area contributed by atoms with E-state index in [0.717, 1.165) is 11.1 Å². The van der Waals surface area contributed by atoms with Crippen molar-refractivity contribution in [3.05, 3.63) is 95.0 Å². The van der Waals surface area contributed by atoms with Crippen molar-refractivity contribution in [1.82, 2.24) is 10.6 Å². The zero-order valence-electron chi connectivity index (χ0n) is 16.9. The molecule has 0 aliphatic rings. The lowest BCUT2D eigenvalue weighted by Crippen LogP contribution is -2.48. The second kappa shape index (κ2) is 11.4. The minimum Gasteiger partial charge on any atom is -0.465 e. The Morgan fingerprint density at radius 2 is 1.65 bits per heavy atom. The summed E-state index contributed by atoms with van der Waals surface area (Å²) in [7, 11) is 0. The van der Waals surface area contributed by atoms with Crippen molar-refractivity contribution < 1.29 is 19.7 Å². The standard InChI is InChI=1S/C24H25ClN2O4/c25-20-12-7-13-23(31-18-10-5-2-6-11-18)19(20)15-26-16-22(28)21(27-24(29)30)14-17-8-3-1-4-9-17/h1-13,21-22,26-28H,14-16H2,(H,29,30)/t21-,22-/m0/s1. The van der Waals surface area contributed by atoms with Gasteiger partial charge in [0.1, 0.15) is 11.5 Å². The number of amides is 1. The fraction of sp³-hybridized carbons (Fsp3) is 0.208. The number of ether oxygens (including phenoxy) is 1. The summed E-state index contributed by atoms with van der Waals surface area (Å²) < 4.78 is 5.95. The van der Waals surface area contributed by atoms with E-state index in [1.54, 1.807) is 6.07 Å². The number of halogens is 1. The van der Waals surface area contributed by atoms with Crippen LogP contribution in [0.5, 0.6) is 11.5 Å². The molecule has 0 heterocycles. The molecule has 0 saturated carbocycles. The number of aliphatic hydroxyl groups excluding tert-OH is 1. The molecule has 7 heteroatoms. The SMILES string of the molecule is O=C(O)N[C@@H](Cc1ccccc1)[C@@H](O)CNCc1c(Cl)cccc1Oc1ccccc1. The monoisotopic (exact) mass is 440 g/mol. The first-order valence-corrected chi connectivity index (χ1v) is 10.3. The first-order chi connectivity index (χ1) is 15.0. The van der Waals surface area contributed by atoms with Crippen molar-refractivity contribution in [1.29, 1.82) is 0 Å². The minimum absolute atomic E-state index is 0.174. The van der Waals surface area contributed by atoms with Gasteiger partial charge in [0, 0.05) is 23.7 Å². The Kier molecular flexibility index (Phi) is 8.29. The van der Waals surface area contributed by atoms with Gasteiger partial charge in [0.05, 0.1) is 12.1 Å². The van der Waals surface area contributed by atoms with E-state index in [2.05, 4.69) is 10.6 Å². The largest absolute Gasteiger partial charge is 0.465 e. The summed E-state index contributed by atoms with van der Waals surface area (Å²) in [4.78, 5) is 11.2. The molecule has 0 bridgehead atoms. The first kappa shape index (κ1) is 22.6. The van der Waals surface area contributed by atoms with Crippen molar-refractivity contribution in [3.8, 4) is 11.5 Å². The number of carboxylic acid groups (broad SMARTS) is 1. The molecule has 0 aliphatic heterocycles. The number of rotatable bonds is 10. The van der Waals surface area contributed by atoms with Crippen molar-refractivity contribution in [2.75, 3.05) is 6.54 Å². The van der Waals surface area contributed by atoms with Gasteiger partial charge in [-0.1, -0.05) is 66.2 Å². The molecular formula is C24H25ClN2O4. The summed E-state index contributed by atoms with van der Waals surface area (Å²) in [5.41, 5.74) is 1.69. The van der Waals surface area contributed by atoms with Crippen LogP contribution in [0.15, 0.2) is 78.9 Å². The second-order valence-corrected chi connectivity index (χ2v) is 7.48. The molecule has 0 saturated heterocycles. The molecule has 3 aromatic carbocycles. The molecule has 0 aromatic heterocycles. The molecule has 0 unspecified atom stereocenters. The predicted molar refractivity (Wildman–Crippen MR) is 121 cm³/mol. The number of carbonyl (C=O) groups is 1. The molecule has 0 aliphatic carbocycles. The summed E-state index contributed by atoms with van der Waals surface area (Å²) in [5, 5.41) is 25.9. The molecule has 162 valence electrons. The molecular weight excluding hydrogens is 416 g/mol. The zero-order valence-corrected chi connectivity index (χ0v) is 17.6. The van der Waals surface area contributed by atoms with Crippen LogP contribution in [0, 0.1) is 0 Å². The number of hydrogen-bond donors (Lipinski definition) is 4. The van der Waals surface area contributed by atoms with E-state index < -0.39 is 18.2 Å². The van der Waals surface area contributed by atoms with Crippen LogP contribution >= 0.6 is 11.6 Å². The first-order valence-electron chi connectivity index (χ1n) is 9.95. The lowest BCUT2D eigenvalue weighted by atomic mass is 10.0. The summed E-state index contributed by atoms with van der Waals surface area (Å²) in [6.07, 6.45) is -1.73. The average molecular weight is 441 g/mol. The molecule has 3 rings (SSSR count). The Hall–Kier alpha value is -3.06. The highest BCUT2D eigenvalue weighted by molar-refractivity contribution is 6.31. The van der Waals surface area contributed by atoms with Gasteiger partial charge in [0.2, 0.25) is 0 Å². The lowest BCUT2D eigenvalue weighted by molar-refractivity contribution is 0.117. The van der Waals surface area contributed by atoms with Gasteiger partial charge in [-0.05, 0) is 36.2 Å². The summed E-state index contributed by atoms with van der Waals surface area (Å²) in [6, 6.07) is 23.6. The third-order valence-electron chi connectivity index (χ3n) is 4.77. The number of hydrogen-bond acceptors (Lipinski definition) is 4. The number of aliphatic hydroxyl groups is 1. The van der Waals surface area contributed by atoms with Gasteiger partial charge in [-0.2, -0.15) is 0 Å². The Morgan fingerprint density at radius 3 is 2.32 bits per heavy atom.